The maximum absolute atomic E-state index is 13.7. The van der Waals surface area contributed by atoms with Crippen LogP contribution in [-0.4, -0.2) is 5.91 Å². The molecule has 1 amide bonds. The highest BCUT2D eigenvalue weighted by molar-refractivity contribution is 5.76. The average molecular weight is 307 g/mol. The lowest BCUT2D eigenvalue weighted by atomic mass is 9.80. The number of nitrogens with one attached hydrogen (secondary N) is 1. The van der Waals surface area contributed by atoms with E-state index in [4.69, 9.17) is 0 Å². The van der Waals surface area contributed by atoms with E-state index in [2.05, 4.69) is 5.32 Å². The maximum Gasteiger partial charge on any atom is 0.220 e. The molecule has 0 unspecified atom stereocenters. The van der Waals surface area contributed by atoms with E-state index in [1.54, 1.807) is 6.92 Å². The van der Waals surface area contributed by atoms with E-state index in [1.807, 2.05) is 0 Å². The fraction of sp³-hybridized carbons (Fsp3) is 0.611. The Morgan fingerprint density at radius 3 is 2.68 bits per heavy atom. The summed E-state index contributed by atoms with van der Waals surface area (Å²) in [6, 6.07) is 3.03. The molecule has 3 rings (SSSR count). The Kier molecular flexibility index (Phi) is 4.20. The summed E-state index contributed by atoms with van der Waals surface area (Å²) in [5.41, 5.74) is 0.724. The van der Waals surface area contributed by atoms with Crippen molar-refractivity contribution in [2.45, 2.75) is 57.9 Å². The van der Waals surface area contributed by atoms with Crippen LogP contribution < -0.4 is 5.32 Å². The van der Waals surface area contributed by atoms with Gasteiger partial charge in [-0.05, 0) is 62.8 Å². The molecule has 1 N–H and O–H groups in total. The number of rotatable bonds is 5. The average Bonchev–Trinajstić information content (AvgIpc) is 3.06. The largest absolute Gasteiger partial charge is 0.349 e. The van der Waals surface area contributed by atoms with Crippen LogP contribution in [0.15, 0.2) is 18.2 Å². The van der Waals surface area contributed by atoms with Gasteiger partial charge >= 0.3 is 0 Å². The normalized spacial score (nSPS) is 27.9. The number of carbonyl (C=O) groups is 1. The highest BCUT2D eigenvalue weighted by atomic mass is 19.1. The zero-order valence-electron chi connectivity index (χ0n) is 13.0. The molecule has 1 atom stereocenters. The summed E-state index contributed by atoms with van der Waals surface area (Å²) in [6.45, 7) is 1.73. The van der Waals surface area contributed by atoms with Crippen LogP contribution in [-0.2, 0) is 4.79 Å². The molecule has 1 aromatic carbocycles. The van der Waals surface area contributed by atoms with E-state index in [1.165, 1.54) is 44.2 Å². The molecule has 22 heavy (non-hydrogen) atoms. The van der Waals surface area contributed by atoms with Gasteiger partial charge < -0.3 is 5.32 Å². The smallest absolute Gasteiger partial charge is 0.220 e. The number of benzene rings is 1. The molecule has 0 saturated heterocycles. The van der Waals surface area contributed by atoms with Gasteiger partial charge in [0.05, 0.1) is 6.04 Å². The van der Waals surface area contributed by atoms with Crippen LogP contribution in [0.3, 0.4) is 0 Å². The lowest BCUT2D eigenvalue weighted by molar-refractivity contribution is -0.122. The number of amides is 1. The molecule has 2 bridgehead atoms. The van der Waals surface area contributed by atoms with Crippen LogP contribution in [0.25, 0.3) is 0 Å². The first-order valence-corrected chi connectivity index (χ1v) is 8.22. The van der Waals surface area contributed by atoms with Gasteiger partial charge in [0.2, 0.25) is 5.91 Å². The van der Waals surface area contributed by atoms with E-state index in [-0.39, 0.29) is 5.91 Å². The Balaban J connectivity index is 1.53. The molecule has 1 aromatic rings. The summed E-state index contributed by atoms with van der Waals surface area (Å²) in [5, 5.41) is 2.83. The summed E-state index contributed by atoms with van der Waals surface area (Å²) in [7, 11) is 0. The number of hydrogen-bond acceptors (Lipinski definition) is 1. The molecule has 0 aliphatic heterocycles. The summed E-state index contributed by atoms with van der Waals surface area (Å²) in [5.74, 6) is -0.368. The highest BCUT2D eigenvalue weighted by Crippen LogP contribution is 2.56. The van der Waals surface area contributed by atoms with Gasteiger partial charge in [-0.25, -0.2) is 8.78 Å². The van der Waals surface area contributed by atoms with Gasteiger partial charge in [0.15, 0.2) is 0 Å². The molecule has 2 saturated carbocycles. The van der Waals surface area contributed by atoms with Gasteiger partial charge in [0, 0.05) is 18.1 Å². The lowest BCUT2D eigenvalue weighted by Crippen LogP contribution is -2.28. The minimum atomic E-state index is -0.610. The Morgan fingerprint density at radius 1 is 1.36 bits per heavy atom. The van der Waals surface area contributed by atoms with Crippen molar-refractivity contribution in [3.8, 4) is 0 Å². The molecule has 4 heteroatoms. The zero-order valence-corrected chi connectivity index (χ0v) is 13.0. The number of halogens is 2. The monoisotopic (exact) mass is 307 g/mol. The molecule has 2 fully saturated rings. The molecule has 2 aliphatic rings. The van der Waals surface area contributed by atoms with Crippen LogP contribution in [0.1, 0.15) is 63.5 Å². The van der Waals surface area contributed by atoms with Crippen molar-refractivity contribution in [3.05, 3.63) is 35.4 Å². The van der Waals surface area contributed by atoms with Crippen molar-refractivity contribution >= 4 is 5.91 Å². The van der Waals surface area contributed by atoms with Gasteiger partial charge in [-0.2, -0.15) is 0 Å². The lowest BCUT2D eigenvalue weighted by Gasteiger charge is -2.26. The molecular formula is C18H23F2NO. The van der Waals surface area contributed by atoms with Gasteiger partial charge in [0.25, 0.3) is 0 Å². The van der Waals surface area contributed by atoms with Crippen molar-refractivity contribution in [1.29, 1.82) is 0 Å². The van der Waals surface area contributed by atoms with E-state index >= 15 is 0 Å². The third-order valence-electron chi connectivity index (χ3n) is 5.58. The topological polar surface area (TPSA) is 29.1 Å². The minimum absolute atomic E-state index is 0.0408. The molecule has 0 spiro atoms. The van der Waals surface area contributed by atoms with Gasteiger partial charge in [-0.1, -0.05) is 6.07 Å². The van der Waals surface area contributed by atoms with E-state index < -0.39 is 17.7 Å². The first-order chi connectivity index (χ1) is 10.5. The standard InChI is InChI=1S/C18H23F2NO/c1-12(15-3-2-14(19)10-16(15)20)21-17(22)6-9-18-7-4-13(11-18)5-8-18/h2-3,10,12-13H,4-9,11H2,1H3,(H,21,22)/t12-,13?,18?/m0/s1. The van der Waals surface area contributed by atoms with Crippen LogP contribution >= 0.6 is 0 Å². The maximum atomic E-state index is 13.7. The predicted molar refractivity (Wildman–Crippen MR) is 81.2 cm³/mol. The van der Waals surface area contributed by atoms with Crippen molar-refractivity contribution in [2.24, 2.45) is 11.3 Å². The van der Waals surface area contributed by atoms with Crippen molar-refractivity contribution in [1.82, 2.24) is 5.32 Å². The minimum Gasteiger partial charge on any atom is -0.349 e. The third-order valence-corrected chi connectivity index (χ3v) is 5.58. The van der Waals surface area contributed by atoms with E-state index in [0.717, 1.165) is 18.4 Å². The van der Waals surface area contributed by atoms with Crippen molar-refractivity contribution < 1.29 is 13.6 Å². The molecular weight excluding hydrogens is 284 g/mol. The van der Waals surface area contributed by atoms with Crippen LogP contribution in [0, 0.1) is 23.0 Å². The van der Waals surface area contributed by atoms with Gasteiger partial charge in [-0.3, -0.25) is 4.79 Å². The first kappa shape index (κ1) is 15.4. The van der Waals surface area contributed by atoms with E-state index in [0.29, 0.717) is 17.4 Å². The Hall–Kier alpha value is -1.45. The van der Waals surface area contributed by atoms with Crippen LogP contribution in [0.5, 0.6) is 0 Å². The zero-order chi connectivity index (χ0) is 15.7. The summed E-state index contributed by atoms with van der Waals surface area (Å²) < 4.78 is 26.6. The predicted octanol–water partition coefficient (Wildman–Crippen LogP) is 4.50. The third kappa shape index (κ3) is 3.16. The molecule has 0 heterocycles. The molecule has 0 radical (unpaired) electrons. The number of hydrogen-bond donors (Lipinski definition) is 1. The highest BCUT2D eigenvalue weighted by Gasteiger charge is 2.44. The van der Waals surface area contributed by atoms with Crippen LogP contribution in [0.2, 0.25) is 0 Å². The number of fused-ring (bicyclic) bond motifs is 2. The fourth-order valence-electron chi connectivity index (χ4n) is 4.29. The van der Waals surface area contributed by atoms with Crippen molar-refractivity contribution in [2.75, 3.05) is 0 Å². The molecule has 2 aliphatic carbocycles. The van der Waals surface area contributed by atoms with E-state index in [9.17, 15) is 13.6 Å². The first-order valence-electron chi connectivity index (χ1n) is 8.22. The molecule has 120 valence electrons. The summed E-state index contributed by atoms with van der Waals surface area (Å²) in [4.78, 5) is 12.1. The Morgan fingerprint density at radius 2 is 2.09 bits per heavy atom. The summed E-state index contributed by atoms with van der Waals surface area (Å²) >= 11 is 0. The van der Waals surface area contributed by atoms with Crippen LogP contribution in [0.4, 0.5) is 8.78 Å². The molecule has 0 aromatic heterocycles. The second-order valence-electron chi connectivity index (χ2n) is 7.10. The second-order valence-corrected chi connectivity index (χ2v) is 7.10. The molecule has 2 nitrogen and oxygen atoms in total. The second kappa shape index (κ2) is 5.98. The fourth-order valence-corrected chi connectivity index (χ4v) is 4.29. The Bertz CT molecular complexity index is 564. The van der Waals surface area contributed by atoms with Gasteiger partial charge in [0.1, 0.15) is 11.6 Å². The SMILES string of the molecule is C[C@H](NC(=O)CCC12CCC(CC1)C2)c1ccc(F)cc1F. The number of carbonyl (C=O) groups excluding carboxylic acids is 1. The Labute approximate surface area is 130 Å². The van der Waals surface area contributed by atoms with Gasteiger partial charge in [-0.15, -0.1) is 0 Å². The summed E-state index contributed by atoms with van der Waals surface area (Å²) in [6.07, 6.45) is 7.87. The van der Waals surface area contributed by atoms with Crippen molar-refractivity contribution in [3.63, 3.8) is 0 Å². The quantitative estimate of drug-likeness (QED) is 0.852.